The maximum atomic E-state index is 13.9. The molecule has 0 radical (unpaired) electrons. The van der Waals surface area contributed by atoms with E-state index in [9.17, 15) is 23.7 Å². The van der Waals surface area contributed by atoms with Crippen LogP contribution in [0.2, 0.25) is 0 Å². The second-order valence-corrected chi connectivity index (χ2v) is 11.7. The van der Waals surface area contributed by atoms with Gasteiger partial charge >= 0.3 is 0 Å². The molecule has 0 fully saturated rings. The van der Waals surface area contributed by atoms with Crippen LogP contribution in [0.1, 0.15) is 26.5 Å². The summed E-state index contributed by atoms with van der Waals surface area (Å²) >= 11 is 0. The largest absolute Gasteiger partial charge is 0.394 e. The summed E-state index contributed by atoms with van der Waals surface area (Å²) in [5.41, 5.74) is 2.88. The summed E-state index contributed by atoms with van der Waals surface area (Å²) < 4.78 is 19.4. The number of benzene rings is 2. The van der Waals surface area contributed by atoms with Gasteiger partial charge in [-0.2, -0.15) is 9.46 Å². The molecule has 2 heterocycles. The normalized spacial score (nSPS) is 13.0. The zero-order valence-electron chi connectivity index (χ0n) is 22.9. The van der Waals surface area contributed by atoms with Crippen LogP contribution in [0.5, 0.6) is 0 Å². The lowest BCUT2D eigenvalue weighted by Crippen LogP contribution is -2.37. The lowest BCUT2D eigenvalue weighted by Gasteiger charge is -2.12. The Morgan fingerprint density at radius 3 is 2.48 bits per heavy atom. The summed E-state index contributed by atoms with van der Waals surface area (Å²) in [6.45, 7) is 0.989. The van der Waals surface area contributed by atoms with Gasteiger partial charge in [-0.1, -0.05) is 30.3 Å². The molecule has 0 aliphatic carbocycles. The first kappa shape index (κ1) is 30.2. The molecule has 0 unspecified atom stereocenters. The van der Waals surface area contributed by atoms with Gasteiger partial charge in [0.25, 0.3) is 11.8 Å². The molecular weight excluding hydrogens is 560 g/mol. The first-order valence-electron chi connectivity index (χ1n) is 12.9. The van der Waals surface area contributed by atoms with E-state index in [1.54, 1.807) is 62.5 Å². The van der Waals surface area contributed by atoms with Gasteiger partial charge in [-0.05, 0) is 48.9 Å². The smallest absolute Gasteiger partial charge is 0.286 e. The molecule has 2 aromatic carbocycles. The molecule has 0 saturated carbocycles. The predicted octanol–water partition coefficient (Wildman–Crippen LogP) is 2.18. The van der Waals surface area contributed by atoms with Crippen LogP contribution >= 0.6 is 0 Å². The molecule has 4 aromatic rings. The quantitative estimate of drug-likeness (QED) is 0.217. The number of nitrogens with one attached hydrogen (secondary N) is 2. The topological polar surface area (TPSA) is 176 Å². The number of aromatic nitrogens is 3. The number of hydrogen-bond donors (Lipinski definition) is 4. The molecular formula is C29H30N6O6S. The fraction of sp³-hybridized carbons (Fsp3) is 0.207. The van der Waals surface area contributed by atoms with Crippen molar-refractivity contribution >= 4 is 33.1 Å². The van der Waals surface area contributed by atoms with Gasteiger partial charge in [0, 0.05) is 42.1 Å². The summed E-state index contributed by atoms with van der Waals surface area (Å²) in [6, 6.07) is 18.1. The number of rotatable bonds is 10. The van der Waals surface area contributed by atoms with Crippen molar-refractivity contribution in [1.82, 2.24) is 20.1 Å². The maximum absolute atomic E-state index is 13.9. The number of aliphatic hydroxyl groups is 2. The van der Waals surface area contributed by atoms with Crippen LogP contribution in [0, 0.1) is 6.92 Å². The third-order valence-electron chi connectivity index (χ3n) is 6.09. The summed E-state index contributed by atoms with van der Waals surface area (Å²) in [5, 5.41) is 27.9. The van der Waals surface area contributed by atoms with Crippen molar-refractivity contribution in [2.75, 3.05) is 24.2 Å². The number of nitrogens with zero attached hydrogens (tertiary/aromatic N) is 4. The monoisotopic (exact) mass is 590 g/mol. The third kappa shape index (κ3) is 7.51. The molecule has 0 aliphatic heterocycles. The minimum Gasteiger partial charge on any atom is -0.394 e. The highest BCUT2D eigenvalue weighted by molar-refractivity contribution is 7.94. The van der Waals surface area contributed by atoms with Gasteiger partial charge in [-0.25, -0.2) is 4.21 Å². The van der Waals surface area contributed by atoms with Crippen LogP contribution in [0.15, 0.2) is 88.4 Å². The van der Waals surface area contributed by atoms with Gasteiger partial charge in [-0.3, -0.25) is 24.0 Å². The number of hydrogen-bond acceptors (Lipinski definition) is 8. The molecule has 42 heavy (non-hydrogen) atoms. The van der Waals surface area contributed by atoms with E-state index in [1.165, 1.54) is 35.3 Å². The van der Waals surface area contributed by atoms with Crippen LogP contribution < -0.4 is 10.6 Å². The minimum absolute atomic E-state index is 0.0482. The Morgan fingerprint density at radius 2 is 1.79 bits per heavy atom. The molecule has 12 nitrogen and oxygen atoms in total. The maximum Gasteiger partial charge on any atom is 0.286 e. The van der Waals surface area contributed by atoms with Crippen molar-refractivity contribution in [1.29, 1.82) is 0 Å². The van der Waals surface area contributed by atoms with Crippen molar-refractivity contribution < 1.29 is 28.8 Å². The Bertz CT molecular complexity index is 1730. The zero-order chi connectivity index (χ0) is 30.3. The van der Waals surface area contributed by atoms with Crippen molar-refractivity contribution in [3.05, 3.63) is 96.1 Å². The Hall–Kier alpha value is -4.72. The van der Waals surface area contributed by atoms with Crippen molar-refractivity contribution in [3.8, 4) is 11.1 Å². The van der Waals surface area contributed by atoms with E-state index >= 15 is 0 Å². The highest BCUT2D eigenvalue weighted by Gasteiger charge is 2.21. The summed E-state index contributed by atoms with van der Waals surface area (Å²) in [7, 11) is -1.88. The second kappa shape index (κ2) is 13.3. The van der Waals surface area contributed by atoms with Crippen molar-refractivity contribution in [3.63, 3.8) is 0 Å². The molecule has 0 bridgehead atoms. The van der Waals surface area contributed by atoms with Gasteiger partial charge in [0.15, 0.2) is 0 Å². The van der Waals surface area contributed by atoms with Crippen molar-refractivity contribution in [2.45, 2.75) is 17.9 Å². The van der Waals surface area contributed by atoms with Crippen LogP contribution in [0.3, 0.4) is 0 Å². The molecule has 2 atom stereocenters. The molecule has 0 saturated heterocycles. The van der Waals surface area contributed by atoms with Gasteiger partial charge in [0.05, 0.1) is 33.7 Å². The minimum atomic E-state index is -3.56. The fourth-order valence-corrected chi connectivity index (χ4v) is 5.77. The Balaban J connectivity index is 1.60. The predicted molar refractivity (Wildman–Crippen MR) is 156 cm³/mol. The van der Waals surface area contributed by atoms with Crippen LogP contribution in [0.4, 0.5) is 5.69 Å². The first-order chi connectivity index (χ1) is 20.1. The van der Waals surface area contributed by atoms with E-state index < -0.39 is 40.0 Å². The number of aliphatic hydroxyl groups excluding tert-OH is 2. The van der Waals surface area contributed by atoms with Crippen molar-refractivity contribution in [2.24, 2.45) is 11.4 Å². The molecule has 218 valence electrons. The Kier molecular flexibility index (Phi) is 9.57. The van der Waals surface area contributed by atoms with Crippen LogP contribution in [0.25, 0.3) is 11.1 Å². The summed E-state index contributed by atoms with van der Waals surface area (Å²) in [4.78, 5) is 42.9. The summed E-state index contributed by atoms with van der Waals surface area (Å²) in [6.07, 6.45) is 1.64. The lowest BCUT2D eigenvalue weighted by atomic mass is 10.1. The third-order valence-corrected chi connectivity index (χ3v) is 8.21. The molecule has 3 amide bonds. The van der Waals surface area contributed by atoms with Gasteiger partial charge < -0.3 is 20.8 Å². The molecule has 0 spiro atoms. The van der Waals surface area contributed by atoms with E-state index in [-0.39, 0.29) is 22.9 Å². The molecule has 4 N–H and O–H groups in total. The first-order valence-corrected chi connectivity index (χ1v) is 14.5. The zero-order valence-corrected chi connectivity index (χ0v) is 23.7. The number of carbonyl (C=O) groups excluding carboxylic acids is 3. The standard InChI is InChI=1S/C29H30N6O6S/c1-19-11-26(35(2)33-19)29(40)32-23-8-6-7-20(13-23)21-12-22(15-30-14-21)28(39)34-42(41,25-9-4-3-5-10-25)18-27(38)31-16-24(37)17-36/h3-15,24,36-37H,16-18H2,1-2H3,(H,31,38)(H,32,40)/t24-,42-/m0/s1. The van der Waals surface area contributed by atoms with Crippen LogP contribution in [-0.4, -0.2) is 71.9 Å². The molecule has 2 aromatic heterocycles. The number of amides is 3. The Labute approximate surface area is 242 Å². The highest BCUT2D eigenvalue weighted by Crippen LogP contribution is 2.24. The van der Waals surface area contributed by atoms with E-state index in [2.05, 4.69) is 25.1 Å². The number of anilines is 1. The Morgan fingerprint density at radius 1 is 1.02 bits per heavy atom. The van der Waals surface area contributed by atoms with Gasteiger partial charge in [0.2, 0.25) is 5.91 Å². The number of pyridine rings is 1. The van der Waals surface area contributed by atoms with E-state index in [1.807, 2.05) is 0 Å². The van der Waals surface area contributed by atoms with Gasteiger partial charge in [-0.15, -0.1) is 0 Å². The lowest BCUT2D eigenvalue weighted by molar-refractivity contribution is -0.119. The van der Waals surface area contributed by atoms with E-state index in [4.69, 9.17) is 5.11 Å². The van der Waals surface area contributed by atoms with Crippen LogP contribution in [-0.2, 0) is 21.6 Å². The van der Waals surface area contributed by atoms with Gasteiger partial charge in [0.1, 0.15) is 11.4 Å². The highest BCUT2D eigenvalue weighted by atomic mass is 32.2. The second-order valence-electron chi connectivity index (χ2n) is 9.43. The number of carbonyl (C=O) groups is 3. The molecule has 0 aliphatic rings. The SMILES string of the molecule is Cc1cc(C(=O)Nc2cccc(-c3cncc(C(=O)N=[S@](=O)(CC(=O)NC[C@H](O)CO)c4ccccc4)c3)c2)n(C)n1. The molecule has 4 rings (SSSR count). The van der Waals surface area contributed by atoms with E-state index in [0.29, 0.717) is 28.2 Å². The average Bonchev–Trinajstić information content (AvgIpc) is 3.34. The van der Waals surface area contributed by atoms with E-state index in [0.717, 1.165) is 0 Å². The fourth-order valence-electron chi connectivity index (χ4n) is 4.02. The average molecular weight is 591 g/mol. The molecule has 13 heteroatoms. The number of aryl methyl sites for hydroxylation is 2. The summed E-state index contributed by atoms with van der Waals surface area (Å²) in [5.74, 6) is -2.51.